The van der Waals surface area contributed by atoms with E-state index < -0.39 is 60.7 Å². The number of hydrogen-bond donors (Lipinski definition) is 1. The average molecular weight is 655 g/mol. The Balaban J connectivity index is 1.71. The fraction of sp³-hybridized carbons (Fsp3) is 0.333. The van der Waals surface area contributed by atoms with E-state index >= 15 is 0 Å². The van der Waals surface area contributed by atoms with Gasteiger partial charge < -0.3 is 28.8 Å². The molecule has 1 aliphatic heterocycles. The van der Waals surface area contributed by atoms with Gasteiger partial charge in [-0.15, -0.1) is 0 Å². The van der Waals surface area contributed by atoms with Crippen LogP contribution in [-0.2, 0) is 55.1 Å². The Kier molecular flexibility index (Phi) is 11.0. The summed E-state index contributed by atoms with van der Waals surface area (Å²) in [6.45, 7) is 3.99. The molecule has 3 aromatic rings. The van der Waals surface area contributed by atoms with Crippen molar-refractivity contribution in [3.05, 3.63) is 92.1 Å². The molecule has 2 aromatic carbocycles. The van der Waals surface area contributed by atoms with E-state index in [0.717, 1.165) is 44.4 Å². The molecule has 0 bridgehead atoms. The van der Waals surface area contributed by atoms with Gasteiger partial charge in [-0.1, -0.05) is 41.6 Å². The summed E-state index contributed by atoms with van der Waals surface area (Å²) >= 11 is 8.14. The summed E-state index contributed by atoms with van der Waals surface area (Å²) in [7, 11) is 0. The van der Waals surface area contributed by atoms with Crippen LogP contribution in [0.15, 0.2) is 59.3 Å². The maximum atomic E-state index is 12.3. The molecule has 1 fully saturated rings. The van der Waals surface area contributed by atoms with Crippen molar-refractivity contribution < 1.29 is 48.0 Å². The van der Waals surface area contributed by atoms with Crippen LogP contribution in [0.25, 0.3) is 0 Å². The zero-order valence-corrected chi connectivity index (χ0v) is 26.5. The van der Waals surface area contributed by atoms with E-state index in [0.29, 0.717) is 17.0 Å². The molecule has 10 nitrogen and oxygen atoms in total. The van der Waals surface area contributed by atoms with Gasteiger partial charge >= 0.3 is 23.9 Å². The molecule has 0 saturated carbocycles. The number of aliphatic hydroxyl groups is 1. The Morgan fingerprint density at radius 1 is 0.867 bits per heavy atom. The molecule has 1 aromatic heterocycles. The van der Waals surface area contributed by atoms with E-state index in [1.54, 1.807) is 23.5 Å². The Labute approximate surface area is 269 Å². The average Bonchev–Trinajstić information content (AvgIpc) is 3.49. The summed E-state index contributed by atoms with van der Waals surface area (Å²) < 4.78 is 27.5. The highest BCUT2D eigenvalue weighted by Gasteiger charge is 2.60. The highest BCUT2D eigenvalue weighted by molar-refractivity contribution is 7.08. The zero-order valence-electron chi connectivity index (χ0n) is 24.9. The second-order valence-corrected chi connectivity index (χ2v) is 11.5. The summed E-state index contributed by atoms with van der Waals surface area (Å²) in [6, 6.07) is 14.1. The van der Waals surface area contributed by atoms with Crippen LogP contribution in [0.5, 0.6) is 0 Å². The molecule has 0 radical (unpaired) electrons. The molecule has 1 N–H and O–H groups in total. The van der Waals surface area contributed by atoms with Crippen molar-refractivity contribution in [2.75, 3.05) is 6.61 Å². The van der Waals surface area contributed by atoms with Gasteiger partial charge in [-0.3, -0.25) is 19.2 Å². The minimum absolute atomic E-state index is 0.0950. The van der Waals surface area contributed by atoms with E-state index in [4.69, 9.17) is 35.3 Å². The number of carbonyl (C=O) groups excluding carboxylic acids is 4. The lowest BCUT2D eigenvalue weighted by atomic mass is 9.86. The lowest BCUT2D eigenvalue weighted by molar-refractivity contribution is -0.360. The largest absolute Gasteiger partial charge is 0.463 e. The Bertz CT molecular complexity index is 1610. The predicted octanol–water partition coefficient (Wildman–Crippen LogP) is 4.29. The molecule has 0 spiro atoms. The first-order chi connectivity index (χ1) is 21.4. The standard InChI is InChI=1S/C33H31ClO10S/c1-19(35)40-17-29-30(41-20(2)36)31(42-21(3)37)32(43-22(4)38)33(39,44-29)27-11-12-28(34)26(16-27)15-24-8-5-23(6-9-24)7-10-25-13-14-45-18-25/h5-6,8-9,11-14,16,18,29-32,39H,15,17H2,1-4H3/t29-,30-,31+,32-,33+/m1/s1. The van der Waals surface area contributed by atoms with Crippen molar-refractivity contribution in [2.45, 2.75) is 64.3 Å². The monoisotopic (exact) mass is 654 g/mol. The molecule has 12 heteroatoms. The van der Waals surface area contributed by atoms with Gasteiger partial charge in [-0.05, 0) is 53.3 Å². The molecular weight excluding hydrogens is 624 g/mol. The molecular formula is C33H31ClO10S. The number of esters is 4. The summed E-state index contributed by atoms with van der Waals surface area (Å²) in [6.07, 6.45) is -5.65. The lowest BCUT2D eigenvalue weighted by Crippen LogP contribution is -2.66. The van der Waals surface area contributed by atoms with E-state index in [1.165, 1.54) is 6.07 Å². The first-order valence-electron chi connectivity index (χ1n) is 13.8. The third-order valence-electron chi connectivity index (χ3n) is 6.73. The molecule has 236 valence electrons. The van der Waals surface area contributed by atoms with Crippen molar-refractivity contribution in [1.29, 1.82) is 0 Å². The van der Waals surface area contributed by atoms with Crippen LogP contribution in [0.1, 0.15) is 55.5 Å². The molecule has 1 aliphatic rings. The van der Waals surface area contributed by atoms with Gasteiger partial charge in [0.2, 0.25) is 11.9 Å². The van der Waals surface area contributed by atoms with Crippen LogP contribution in [0.4, 0.5) is 0 Å². The smallest absolute Gasteiger partial charge is 0.303 e. The van der Waals surface area contributed by atoms with Crippen LogP contribution >= 0.6 is 22.9 Å². The molecule has 0 amide bonds. The minimum Gasteiger partial charge on any atom is -0.463 e. The number of ether oxygens (including phenoxy) is 5. The SMILES string of the molecule is CC(=O)OC[C@H]1O[C@@](O)(c2ccc(Cl)c(Cc3ccc(C#Cc4ccsc4)cc3)c2)[C@H](OC(C)=O)[C@@H](OC(C)=O)[C@@H]1OC(C)=O. The molecule has 4 rings (SSSR count). The molecule has 5 atom stereocenters. The van der Waals surface area contributed by atoms with Crippen molar-refractivity contribution in [3.8, 4) is 11.8 Å². The van der Waals surface area contributed by atoms with Crippen LogP contribution in [-0.4, -0.2) is 60.0 Å². The van der Waals surface area contributed by atoms with Gasteiger partial charge in [0.1, 0.15) is 12.7 Å². The molecule has 0 unspecified atom stereocenters. The maximum Gasteiger partial charge on any atom is 0.303 e. The lowest BCUT2D eigenvalue weighted by Gasteiger charge is -2.48. The highest BCUT2D eigenvalue weighted by atomic mass is 35.5. The maximum absolute atomic E-state index is 12.3. The van der Waals surface area contributed by atoms with E-state index in [-0.39, 0.29) is 5.56 Å². The summed E-state index contributed by atoms with van der Waals surface area (Å²) in [4.78, 5) is 48.1. The number of halogens is 1. The van der Waals surface area contributed by atoms with E-state index in [1.807, 2.05) is 41.1 Å². The topological polar surface area (TPSA) is 135 Å². The van der Waals surface area contributed by atoms with E-state index in [2.05, 4.69) is 11.8 Å². The predicted molar refractivity (Wildman–Crippen MR) is 163 cm³/mol. The van der Waals surface area contributed by atoms with Gasteiger partial charge in [-0.25, -0.2) is 0 Å². The van der Waals surface area contributed by atoms with E-state index in [9.17, 15) is 24.3 Å². The van der Waals surface area contributed by atoms with Crippen LogP contribution in [0, 0.1) is 11.8 Å². The third-order valence-corrected chi connectivity index (χ3v) is 7.79. The fourth-order valence-corrected chi connectivity index (χ4v) is 5.62. The number of rotatable bonds is 8. The normalized spacial score (nSPS) is 22.4. The molecule has 45 heavy (non-hydrogen) atoms. The van der Waals surface area contributed by atoms with Crippen molar-refractivity contribution >= 4 is 46.8 Å². The van der Waals surface area contributed by atoms with Crippen molar-refractivity contribution in [1.82, 2.24) is 0 Å². The van der Waals surface area contributed by atoms with Gasteiger partial charge in [0.25, 0.3) is 0 Å². The van der Waals surface area contributed by atoms with Gasteiger partial charge in [-0.2, -0.15) is 11.3 Å². The van der Waals surface area contributed by atoms with Crippen LogP contribution in [0.2, 0.25) is 5.02 Å². The summed E-state index contributed by atoms with van der Waals surface area (Å²) in [5.74, 6) is 0.659. The summed E-state index contributed by atoms with van der Waals surface area (Å²) in [5, 5.41) is 16.5. The number of carbonyl (C=O) groups is 4. The quantitative estimate of drug-likeness (QED) is 0.213. The Morgan fingerprint density at radius 2 is 1.51 bits per heavy atom. The van der Waals surface area contributed by atoms with Crippen molar-refractivity contribution in [3.63, 3.8) is 0 Å². The number of hydrogen-bond acceptors (Lipinski definition) is 11. The number of thiophene rings is 1. The first kappa shape index (κ1) is 33.7. The number of benzene rings is 2. The summed E-state index contributed by atoms with van der Waals surface area (Å²) in [5.41, 5.74) is 3.35. The van der Waals surface area contributed by atoms with Gasteiger partial charge in [0.15, 0.2) is 12.2 Å². The third kappa shape index (κ3) is 8.71. The molecule has 2 heterocycles. The van der Waals surface area contributed by atoms with Crippen LogP contribution < -0.4 is 0 Å². The second kappa shape index (κ2) is 14.7. The van der Waals surface area contributed by atoms with Crippen LogP contribution in [0.3, 0.4) is 0 Å². The minimum atomic E-state index is -2.46. The second-order valence-electron chi connectivity index (χ2n) is 10.3. The zero-order chi connectivity index (χ0) is 32.7. The van der Waals surface area contributed by atoms with Gasteiger partial charge in [0, 0.05) is 54.8 Å². The molecule has 1 saturated heterocycles. The fourth-order valence-electron chi connectivity index (χ4n) is 4.85. The van der Waals surface area contributed by atoms with Gasteiger partial charge in [0.05, 0.1) is 0 Å². The van der Waals surface area contributed by atoms with Crippen molar-refractivity contribution in [2.24, 2.45) is 0 Å². The Morgan fingerprint density at radius 3 is 2.11 bits per heavy atom. The highest BCUT2D eigenvalue weighted by Crippen LogP contribution is 2.42. The Hall–Kier alpha value is -4.21. The first-order valence-corrected chi connectivity index (χ1v) is 15.1. The molecule has 0 aliphatic carbocycles.